The fraction of sp³-hybridized carbons (Fsp3) is 0.176. The van der Waals surface area contributed by atoms with E-state index in [0.717, 1.165) is 5.56 Å². The summed E-state index contributed by atoms with van der Waals surface area (Å²) in [5.74, 6) is 0.906. The molecule has 1 heterocycles. The van der Waals surface area contributed by atoms with Crippen LogP contribution >= 0.6 is 11.6 Å². The topological polar surface area (TPSA) is 48.4 Å². The average Bonchev–Trinajstić information content (AvgIpc) is 2.53. The first-order valence-electron chi connectivity index (χ1n) is 6.78. The van der Waals surface area contributed by atoms with Crippen molar-refractivity contribution < 1.29 is 14.3 Å². The molecule has 0 saturated carbocycles. The van der Waals surface area contributed by atoms with E-state index in [-0.39, 0.29) is 5.78 Å². The molecule has 5 heteroatoms. The van der Waals surface area contributed by atoms with Gasteiger partial charge in [-0.2, -0.15) is 0 Å². The van der Waals surface area contributed by atoms with Gasteiger partial charge in [0.25, 0.3) is 0 Å². The Morgan fingerprint density at radius 3 is 2.86 bits per heavy atom. The zero-order valence-corrected chi connectivity index (χ0v) is 13.1. The number of methoxy groups -OCH3 is 1. The molecule has 4 nitrogen and oxygen atoms in total. The van der Waals surface area contributed by atoms with E-state index >= 15 is 0 Å². The zero-order valence-electron chi connectivity index (χ0n) is 12.4. The quantitative estimate of drug-likeness (QED) is 0.596. The molecule has 0 aliphatic heterocycles. The van der Waals surface area contributed by atoms with E-state index in [1.807, 2.05) is 6.92 Å². The highest BCUT2D eigenvalue weighted by Gasteiger charge is 2.10. The van der Waals surface area contributed by atoms with Gasteiger partial charge in [-0.1, -0.05) is 17.7 Å². The minimum Gasteiger partial charge on any atom is -0.491 e. The summed E-state index contributed by atoms with van der Waals surface area (Å²) in [7, 11) is 1.53. The normalized spacial score (nSPS) is 10.7. The Labute approximate surface area is 134 Å². The lowest BCUT2D eigenvalue weighted by Gasteiger charge is -2.11. The van der Waals surface area contributed by atoms with Crippen LogP contribution in [-0.2, 0) is 0 Å². The summed E-state index contributed by atoms with van der Waals surface area (Å²) in [4.78, 5) is 15.9. The largest absolute Gasteiger partial charge is 0.491 e. The van der Waals surface area contributed by atoms with E-state index in [2.05, 4.69) is 4.98 Å². The fourth-order valence-electron chi connectivity index (χ4n) is 1.92. The van der Waals surface area contributed by atoms with Crippen molar-refractivity contribution in [1.82, 2.24) is 4.98 Å². The minimum absolute atomic E-state index is 0.127. The van der Waals surface area contributed by atoms with Crippen molar-refractivity contribution in [3.8, 4) is 11.5 Å². The molecule has 0 saturated heterocycles. The van der Waals surface area contributed by atoms with Gasteiger partial charge >= 0.3 is 0 Å². The van der Waals surface area contributed by atoms with Crippen LogP contribution in [0.25, 0.3) is 6.08 Å². The molecule has 0 radical (unpaired) electrons. The number of benzene rings is 1. The van der Waals surface area contributed by atoms with E-state index in [1.165, 1.54) is 19.4 Å². The van der Waals surface area contributed by atoms with Crippen molar-refractivity contribution in [2.75, 3.05) is 13.7 Å². The van der Waals surface area contributed by atoms with Crippen LogP contribution < -0.4 is 9.47 Å². The van der Waals surface area contributed by atoms with E-state index < -0.39 is 0 Å². The number of ketones is 1. The summed E-state index contributed by atoms with van der Waals surface area (Å²) < 4.78 is 10.7. The molecule has 0 fully saturated rings. The summed E-state index contributed by atoms with van der Waals surface area (Å²) >= 11 is 6.17. The molecule has 22 heavy (non-hydrogen) atoms. The number of rotatable bonds is 6. The second-order valence-electron chi connectivity index (χ2n) is 4.41. The van der Waals surface area contributed by atoms with E-state index in [9.17, 15) is 4.79 Å². The second-order valence-corrected chi connectivity index (χ2v) is 4.81. The lowest BCUT2D eigenvalue weighted by Crippen LogP contribution is -1.97. The van der Waals surface area contributed by atoms with Gasteiger partial charge in [0.15, 0.2) is 17.3 Å². The van der Waals surface area contributed by atoms with Gasteiger partial charge in [0.2, 0.25) is 0 Å². The molecule has 0 amide bonds. The van der Waals surface area contributed by atoms with Gasteiger partial charge in [0.1, 0.15) is 0 Å². The molecule has 0 unspecified atom stereocenters. The number of allylic oxidation sites excluding steroid dienone is 1. The maximum Gasteiger partial charge on any atom is 0.187 e. The standard InChI is InChI=1S/C17H16ClNO3/c1-3-22-16-10-12(9-14(18)17(16)21-2)6-7-15(20)13-5-4-8-19-11-13/h4-11H,3H2,1-2H3/b7-6+. The third-order valence-corrected chi connectivity index (χ3v) is 3.19. The highest BCUT2D eigenvalue weighted by Crippen LogP contribution is 2.36. The molecule has 0 bridgehead atoms. The lowest BCUT2D eigenvalue weighted by molar-refractivity contribution is 0.104. The maximum atomic E-state index is 12.0. The number of hydrogen-bond donors (Lipinski definition) is 0. The first-order chi connectivity index (χ1) is 10.7. The van der Waals surface area contributed by atoms with Crippen LogP contribution in [-0.4, -0.2) is 24.5 Å². The highest BCUT2D eigenvalue weighted by atomic mass is 35.5. The summed E-state index contributed by atoms with van der Waals surface area (Å²) in [5.41, 5.74) is 1.29. The molecule has 0 aliphatic carbocycles. The summed E-state index contributed by atoms with van der Waals surface area (Å²) in [6, 6.07) is 6.93. The molecule has 2 rings (SSSR count). The van der Waals surface area contributed by atoms with E-state index in [4.69, 9.17) is 21.1 Å². The van der Waals surface area contributed by atoms with Crippen LogP contribution in [0.4, 0.5) is 0 Å². The van der Waals surface area contributed by atoms with Crippen molar-refractivity contribution in [2.24, 2.45) is 0 Å². The monoisotopic (exact) mass is 317 g/mol. The Kier molecular flexibility index (Phi) is 5.55. The first-order valence-corrected chi connectivity index (χ1v) is 7.16. The number of carbonyl (C=O) groups excluding carboxylic acids is 1. The van der Waals surface area contributed by atoms with Crippen LogP contribution in [0.15, 0.2) is 42.7 Å². The molecule has 1 aromatic carbocycles. The van der Waals surface area contributed by atoms with Crippen LogP contribution in [0.5, 0.6) is 11.5 Å². The van der Waals surface area contributed by atoms with Crippen molar-refractivity contribution in [3.63, 3.8) is 0 Å². The van der Waals surface area contributed by atoms with Crippen molar-refractivity contribution in [3.05, 3.63) is 58.9 Å². The molecular weight excluding hydrogens is 302 g/mol. The van der Waals surface area contributed by atoms with Gasteiger partial charge in [-0.25, -0.2) is 0 Å². The Hall–Kier alpha value is -2.33. The number of nitrogens with zero attached hydrogens (tertiary/aromatic N) is 1. The van der Waals surface area contributed by atoms with Crippen molar-refractivity contribution >= 4 is 23.5 Å². The minimum atomic E-state index is -0.127. The molecule has 2 aromatic rings. The fourth-order valence-corrected chi connectivity index (χ4v) is 2.22. The van der Waals surface area contributed by atoms with Gasteiger partial charge < -0.3 is 9.47 Å². The third kappa shape index (κ3) is 3.86. The Morgan fingerprint density at radius 2 is 2.23 bits per heavy atom. The number of hydrogen-bond acceptors (Lipinski definition) is 4. The number of pyridine rings is 1. The predicted octanol–water partition coefficient (Wildman–Crippen LogP) is 4.04. The molecule has 0 atom stereocenters. The molecule has 0 N–H and O–H groups in total. The smallest absolute Gasteiger partial charge is 0.187 e. The molecular formula is C17H16ClNO3. The number of aromatic nitrogens is 1. The Balaban J connectivity index is 2.26. The Bertz CT molecular complexity index is 684. The second kappa shape index (κ2) is 7.61. The summed E-state index contributed by atoms with van der Waals surface area (Å²) in [6.45, 7) is 2.37. The van der Waals surface area contributed by atoms with Crippen LogP contribution in [0.1, 0.15) is 22.8 Å². The third-order valence-electron chi connectivity index (χ3n) is 2.91. The zero-order chi connectivity index (χ0) is 15.9. The van der Waals surface area contributed by atoms with Crippen LogP contribution in [0.3, 0.4) is 0 Å². The lowest BCUT2D eigenvalue weighted by atomic mass is 10.1. The number of halogens is 1. The predicted molar refractivity (Wildman–Crippen MR) is 86.8 cm³/mol. The molecule has 1 aromatic heterocycles. The summed E-state index contributed by atoms with van der Waals surface area (Å²) in [5, 5.41) is 0.432. The van der Waals surface area contributed by atoms with Gasteiger partial charge in [0.05, 0.1) is 18.7 Å². The average molecular weight is 318 g/mol. The van der Waals surface area contributed by atoms with Gasteiger partial charge in [0, 0.05) is 18.0 Å². The van der Waals surface area contributed by atoms with Gasteiger partial charge in [-0.3, -0.25) is 9.78 Å². The van der Waals surface area contributed by atoms with Gasteiger partial charge in [-0.15, -0.1) is 0 Å². The summed E-state index contributed by atoms with van der Waals surface area (Å²) in [6.07, 6.45) is 6.31. The highest BCUT2D eigenvalue weighted by molar-refractivity contribution is 6.32. The molecule has 114 valence electrons. The van der Waals surface area contributed by atoms with E-state index in [1.54, 1.807) is 36.5 Å². The van der Waals surface area contributed by atoms with Gasteiger partial charge in [-0.05, 0) is 42.8 Å². The maximum absolute atomic E-state index is 12.0. The Morgan fingerprint density at radius 1 is 1.41 bits per heavy atom. The number of ether oxygens (including phenoxy) is 2. The van der Waals surface area contributed by atoms with Crippen molar-refractivity contribution in [2.45, 2.75) is 6.92 Å². The first kappa shape index (κ1) is 16.0. The van der Waals surface area contributed by atoms with Crippen LogP contribution in [0.2, 0.25) is 5.02 Å². The molecule has 0 spiro atoms. The number of carbonyl (C=O) groups is 1. The SMILES string of the molecule is CCOc1cc(/C=C/C(=O)c2cccnc2)cc(Cl)c1OC. The van der Waals surface area contributed by atoms with Crippen LogP contribution in [0, 0.1) is 0 Å². The van der Waals surface area contributed by atoms with E-state index in [0.29, 0.717) is 28.7 Å². The molecule has 0 aliphatic rings. The van der Waals surface area contributed by atoms with Crippen molar-refractivity contribution in [1.29, 1.82) is 0 Å².